The van der Waals surface area contributed by atoms with Crippen LogP contribution < -0.4 is 14.2 Å². The summed E-state index contributed by atoms with van der Waals surface area (Å²) in [6.07, 6.45) is 0.534. The largest absolute Gasteiger partial charge is 0.496 e. The molecule has 1 unspecified atom stereocenters. The number of nitrogens with zero attached hydrogens (tertiary/aromatic N) is 1. The summed E-state index contributed by atoms with van der Waals surface area (Å²) in [5.41, 5.74) is 4.66. The molecule has 0 fully saturated rings. The lowest BCUT2D eigenvalue weighted by molar-refractivity contribution is 0.217. The summed E-state index contributed by atoms with van der Waals surface area (Å²) >= 11 is 18.8. The Kier molecular flexibility index (Phi) is 9.42. The van der Waals surface area contributed by atoms with Gasteiger partial charge in [-0.25, -0.2) is 0 Å². The second-order valence-electron chi connectivity index (χ2n) is 8.72. The van der Waals surface area contributed by atoms with E-state index in [1.165, 1.54) is 0 Å². The quantitative estimate of drug-likeness (QED) is 0.180. The predicted molar refractivity (Wildman–Crippen MR) is 154 cm³/mol. The van der Waals surface area contributed by atoms with Gasteiger partial charge in [-0.2, -0.15) is 5.26 Å². The van der Waals surface area contributed by atoms with E-state index >= 15 is 0 Å². The SMILES string of the molecule is COc1cc(-c2ccccc2Cl)ccc1C(C#N)Cc1ccc(OCCOc2c(Cl)cc(C)cc2Cl)cc1. The zero-order valence-electron chi connectivity index (χ0n) is 21.0. The Balaban J connectivity index is 1.37. The van der Waals surface area contributed by atoms with Crippen LogP contribution in [0.3, 0.4) is 0 Å². The van der Waals surface area contributed by atoms with Gasteiger partial charge in [0.25, 0.3) is 0 Å². The molecule has 7 heteroatoms. The normalized spacial score (nSPS) is 11.5. The van der Waals surface area contributed by atoms with Crippen molar-refractivity contribution >= 4 is 34.8 Å². The number of hydrogen-bond donors (Lipinski definition) is 0. The molecule has 0 aliphatic rings. The maximum absolute atomic E-state index is 9.95. The first-order chi connectivity index (χ1) is 18.4. The Morgan fingerprint density at radius 2 is 1.50 bits per heavy atom. The molecule has 194 valence electrons. The molecule has 0 saturated heterocycles. The molecule has 4 rings (SSSR count). The fourth-order valence-electron chi connectivity index (χ4n) is 4.17. The van der Waals surface area contributed by atoms with Crippen LogP contribution in [0.1, 0.15) is 22.6 Å². The molecular weight excluding hydrogens is 541 g/mol. The number of methoxy groups -OCH3 is 1. The van der Waals surface area contributed by atoms with Crippen molar-refractivity contribution in [1.29, 1.82) is 5.26 Å². The number of rotatable bonds is 10. The zero-order chi connectivity index (χ0) is 27.1. The van der Waals surface area contributed by atoms with Crippen molar-refractivity contribution in [2.45, 2.75) is 19.3 Å². The molecule has 38 heavy (non-hydrogen) atoms. The van der Waals surface area contributed by atoms with E-state index in [1.807, 2.05) is 73.7 Å². The molecule has 0 bridgehead atoms. The van der Waals surface area contributed by atoms with Gasteiger partial charge < -0.3 is 14.2 Å². The van der Waals surface area contributed by atoms with E-state index in [4.69, 9.17) is 49.0 Å². The highest BCUT2D eigenvalue weighted by Gasteiger charge is 2.18. The molecule has 0 heterocycles. The Morgan fingerprint density at radius 3 is 2.16 bits per heavy atom. The van der Waals surface area contributed by atoms with E-state index in [9.17, 15) is 5.26 Å². The van der Waals surface area contributed by atoms with Crippen molar-refractivity contribution in [2.24, 2.45) is 0 Å². The van der Waals surface area contributed by atoms with Crippen LogP contribution in [-0.4, -0.2) is 20.3 Å². The van der Waals surface area contributed by atoms with Gasteiger partial charge in [0, 0.05) is 16.1 Å². The van der Waals surface area contributed by atoms with Gasteiger partial charge in [-0.1, -0.05) is 77.3 Å². The van der Waals surface area contributed by atoms with Gasteiger partial charge in [0.2, 0.25) is 0 Å². The second kappa shape index (κ2) is 12.9. The number of hydrogen-bond acceptors (Lipinski definition) is 4. The second-order valence-corrected chi connectivity index (χ2v) is 9.94. The van der Waals surface area contributed by atoms with Crippen molar-refractivity contribution < 1.29 is 14.2 Å². The maximum atomic E-state index is 9.95. The average Bonchev–Trinajstić information content (AvgIpc) is 2.91. The summed E-state index contributed by atoms with van der Waals surface area (Å²) in [6, 6.07) is 27.2. The first-order valence-electron chi connectivity index (χ1n) is 12.0. The van der Waals surface area contributed by atoms with Crippen LogP contribution in [0.2, 0.25) is 15.1 Å². The first-order valence-corrected chi connectivity index (χ1v) is 13.2. The fourth-order valence-corrected chi connectivity index (χ4v) is 5.12. The summed E-state index contributed by atoms with van der Waals surface area (Å²) < 4.78 is 17.2. The Hall–Kier alpha value is -3.36. The van der Waals surface area contributed by atoms with Gasteiger partial charge in [-0.05, 0) is 66.4 Å². The molecule has 0 aromatic heterocycles. The summed E-state index contributed by atoms with van der Waals surface area (Å²) in [5.74, 6) is 1.43. The van der Waals surface area contributed by atoms with E-state index in [1.54, 1.807) is 19.2 Å². The third kappa shape index (κ3) is 6.74. The predicted octanol–water partition coefficient (Wildman–Crippen LogP) is 8.94. The van der Waals surface area contributed by atoms with E-state index < -0.39 is 0 Å². The lowest BCUT2D eigenvalue weighted by Gasteiger charge is -2.16. The average molecular weight is 567 g/mol. The van der Waals surface area contributed by atoms with Crippen LogP contribution in [0.5, 0.6) is 17.2 Å². The highest BCUT2D eigenvalue weighted by Crippen LogP contribution is 2.36. The highest BCUT2D eigenvalue weighted by atomic mass is 35.5. The van der Waals surface area contributed by atoms with Crippen LogP contribution in [0.4, 0.5) is 0 Å². The van der Waals surface area contributed by atoms with Gasteiger partial charge in [0.1, 0.15) is 24.7 Å². The third-order valence-electron chi connectivity index (χ3n) is 6.05. The van der Waals surface area contributed by atoms with Crippen molar-refractivity contribution in [3.8, 4) is 34.4 Å². The maximum Gasteiger partial charge on any atom is 0.156 e. The summed E-state index contributed by atoms with van der Waals surface area (Å²) in [6.45, 7) is 2.54. The van der Waals surface area contributed by atoms with Gasteiger partial charge in [-0.3, -0.25) is 0 Å². The van der Waals surface area contributed by atoms with E-state index in [-0.39, 0.29) is 5.92 Å². The van der Waals surface area contributed by atoms with Gasteiger partial charge >= 0.3 is 0 Å². The minimum absolute atomic E-state index is 0.296. The lowest BCUT2D eigenvalue weighted by Crippen LogP contribution is -2.09. The molecule has 0 amide bonds. The molecule has 0 aliphatic carbocycles. The highest BCUT2D eigenvalue weighted by molar-refractivity contribution is 6.37. The van der Waals surface area contributed by atoms with E-state index in [2.05, 4.69) is 6.07 Å². The molecule has 4 nitrogen and oxygen atoms in total. The van der Waals surface area contributed by atoms with Crippen molar-refractivity contribution in [3.63, 3.8) is 0 Å². The number of aryl methyl sites for hydroxylation is 1. The number of nitriles is 1. The van der Waals surface area contributed by atoms with E-state index in [0.29, 0.717) is 52.0 Å². The number of benzene rings is 4. The smallest absolute Gasteiger partial charge is 0.156 e. The lowest BCUT2D eigenvalue weighted by atomic mass is 9.91. The van der Waals surface area contributed by atoms with Crippen LogP contribution in [0.25, 0.3) is 11.1 Å². The van der Waals surface area contributed by atoms with Crippen molar-refractivity contribution in [3.05, 3.63) is 111 Å². The van der Waals surface area contributed by atoms with Gasteiger partial charge in [0.05, 0.1) is 29.1 Å². The zero-order valence-corrected chi connectivity index (χ0v) is 23.3. The first kappa shape index (κ1) is 27.7. The van der Waals surface area contributed by atoms with Crippen LogP contribution in [-0.2, 0) is 6.42 Å². The Morgan fingerprint density at radius 1 is 0.816 bits per heavy atom. The fraction of sp³-hybridized carbons (Fsp3) is 0.194. The van der Waals surface area contributed by atoms with Crippen LogP contribution in [0.15, 0.2) is 78.9 Å². The Bertz CT molecular complexity index is 1420. The number of halogens is 3. The molecule has 0 aliphatic heterocycles. The van der Waals surface area contributed by atoms with Crippen molar-refractivity contribution in [2.75, 3.05) is 20.3 Å². The minimum Gasteiger partial charge on any atom is -0.496 e. The molecular formula is C31H26Cl3NO3. The minimum atomic E-state index is -0.380. The molecule has 0 spiro atoms. The van der Waals surface area contributed by atoms with Crippen LogP contribution in [0, 0.1) is 18.3 Å². The summed E-state index contributed by atoms with van der Waals surface area (Å²) in [7, 11) is 1.61. The van der Waals surface area contributed by atoms with E-state index in [0.717, 1.165) is 27.8 Å². The van der Waals surface area contributed by atoms with Gasteiger partial charge in [-0.15, -0.1) is 0 Å². The molecule has 1 atom stereocenters. The molecule has 0 N–H and O–H groups in total. The molecule has 0 saturated carbocycles. The number of ether oxygens (including phenoxy) is 3. The Labute approximate surface area is 238 Å². The van der Waals surface area contributed by atoms with Crippen LogP contribution >= 0.6 is 34.8 Å². The molecule has 4 aromatic carbocycles. The molecule has 0 radical (unpaired) electrons. The molecule has 4 aromatic rings. The standard InChI is InChI=1S/C31H26Cl3NO3/c1-20-15-28(33)31(29(34)16-20)38-14-13-37-24-10-7-21(8-11-24)17-23(19-35)26-12-9-22(18-30(26)36-2)25-5-3-4-6-27(25)32/h3-12,15-16,18,23H,13-14,17H2,1-2H3. The monoisotopic (exact) mass is 565 g/mol. The van der Waals surface area contributed by atoms with Crippen molar-refractivity contribution in [1.82, 2.24) is 0 Å². The summed E-state index contributed by atoms with van der Waals surface area (Å²) in [5, 5.41) is 11.6. The third-order valence-corrected chi connectivity index (χ3v) is 6.94. The summed E-state index contributed by atoms with van der Waals surface area (Å²) in [4.78, 5) is 0. The topological polar surface area (TPSA) is 51.5 Å². The van der Waals surface area contributed by atoms with Gasteiger partial charge in [0.15, 0.2) is 5.75 Å².